The molecule has 7 heavy (non-hydrogen) atoms. The summed E-state index contributed by atoms with van der Waals surface area (Å²) in [6.45, 7) is 0. The van der Waals surface area contributed by atoms with Crippen molar-refractivity contribution in [3.8, 4) is 0 Å². The van der Waals surface area contributed by atoms with Crippen molar-refractivity contribution in [2.24, 2.45) is 5.73 Å². The zero-order chi connectivity index (χ0) is 4.78. The van der Waals surface area contributed by atoms with Gasteiger partial charge in [0.25, 0.3) is 0 Å². The third-order valence-electron chi connectivity index (χ3n) is 0.874. The van der Waals surface area contributed by atoms with Gasteiger partial charge < -0.3 is 5.73 Å². The lowest BCUT2D eigenvalue weighted by molar-refractivity contribution is 0.416. The van der Waals surface area contributed by atoms with E-state index in [2.05, 4.69) is 0 Å². The Labute approximate surface area is 52.4 Å². The monoisotopic (exact) mass is 145 g/mol. The van der Waals surface area contributed by atoms with E-state index in [1.54, 1.807) is 0 Å². The fourth-order valence-corrected chi connectivity index (χ4v) is 0.401. The van der Waals surface area contributed by atoms with Gasteiger partial charge in [0.1, 0.15) is 0 Å². The molecular formula is C3H6Cl2FN. The first-order valence-electron chi connectivity index (χ1n) is 1.76. The van der Waals surface area contributed by atoms with E-state index in [-0.39, 0.29) is 12.4 Å². The van der Waals surface area contributed by atoms with E-state index in [1.165, 1.54) is 0 Å². The summed E-state index contributed by atoms with van der Waals surface area (Å²) in [6.07, 6.45) is 0.314. The number of rotatable bonds is 0. The highest BCUT2D eigenvalue weighted by Gasteiger charge is 2.51. The molecule has 0 bridgehead atoms. The van der Waals surface area contributed by atoms with Gasteiger partial charge in [0.2, 0.25) is 0 Å². The van der Waals surface area contributed by atoms with Crippen molar-refractivity contribution < 1.29 is 4.39 Å². The van der Waals surface area contributed by atoms with Crippen LogP contribution >= 0.6 is 24.0 Å². The predicted molar refractivity (Wildman–Crippen MR) is 29.5 cm³/mol. The van der Waals surface area contributed by atoms with Gasteiger partial charge in [-0.2, -0.15) is 0 Å². The molecule has 0 saturated heterocycles. The smallest absolute Gasteiger partial charge is 0.200 e. The molecule has 0 spiro atoms. The maximum atomic E-state index is 11.8. The maximum absolute atomic E-state index is 11.8. The minimum absolute atomic E-state index is 0. The molecule has 0 unspecified atom stereocenters. The van der Waals surface area contributed by atoms with Crippen LogP contribution < -0.4 is 5.73 Å². The Morgan fingerprint density at radius 1 is 1.86 bits per heavy atom. The number of hydrogen-bond acceptors (Lipinski definition) is 1. The van der Waals surface area contributed by atoms with E-state index in [1.807, 2.05) is 0 Å². The van der Waals surface area contributed by atoms with E-state index in [9.17, 15) is 4.39 Å². The molecule has 4 heteroatoms. The normalized spacial score (nSPS) is 47.6. The summed E-state index contributed by atoms with van der Waals surface area (Å²) in [5, 5.41) is -1.54. The van der Waals surface area contributed by atoms with Gasteiger partial charge >= 0.3 is 0 Å². The van der Waals surface area contributed by atoms with Crippen LogP contribution in [0.3, 0.4) is 0 Å². The van der Waals surface area contributed by atoms with Gasteiger partial charge in [-0.25, -0.2) is 4.39 Å². The Kier molecular flexibility index (Phi) is 1.88. The molecule has 1 aliphatic rings. The molecule has 0 aliphatic heterocycles. The predicted octanol–water partition coefficient (Wildman–Crippen LogP) is 1.04. The average molecular weight is 146 g/mol. The van der Waals surface area contributed by atoms with Crippen LogP contribution in [0, 0.1) is 0 Å². The quantitative estimate of drug-likeness (QED) is 0.507. The Hall–Kier alpha value is 0.470. The summed E-state index contributed by atoms with van der Waals surface area (Å²) in [5.74, 6) is 0. The average Bonchev–Trinajstić information content (AvgIpc) is 1.73. The second kappa shape index (κ2) is 1.77. The molecule has 0 radical (unpaired) electrons. The van der Waals surface area contributed by atoms with E-state index >= 15 is 0 Å². The van der Waals surface area contributed by atoms with Crippen molar-refractivity contribution >= 4 is 24.0 Å². The van der Waals surface area contributed by atoms with Gasteiger partial charge in [0.15, 0.2) is 5.13 Å². The second-order valence-electron chi connectivity index (χ2n) is 1.57. The molecule has 2 atom stereocenters. The van der Waals surface area contributed by atoms with Gasteiger partial charge in [-0.1, -0.05) is 11.6 Å². The molecule has 0 aromatic carbocycles. The van der Waals surface area contributed by atoms with E-state index in [0.29, 0.717) is 6.42 Å². The van der Waals surface area contributed by atoms with Crippen molar-refractivity contribution in [3.05, 3.63) is 0 Å². The largest absolute Gasteiger partial charge is 0.324 e. The highest BCUT2D eigenvalue weighted by Crippen LogP contribution is 2.42. The number of nitrogens with two attached hydrogens (primary N) is 1. The molecule has 2 N–H and O–H groups in total. The molecule has 0 amide bonds. The van der Waals surface area contributed by atoms with Gasteiger partial charge in [-0.3, -0.25) is 0 Å². The van der Waals surface area contributed by atoms with Crippen molar-refractivity contribution in [3.63, 3.8) is 0 Å². The van der Waals surface area contributed by atoms with Gasteiger partial charge in [-0.05, 0) is 0 Å². The topological polar surface area (TPSA) is 26.0 Å². The van der Waals surface area contributed by atoms with Gasteiger partial charge in [-0.15, -0.1) is 12.4 Å². The Balaban J connectivity index is 0.000000360. The maximum Gasteiger partial charge on any atom is 0.200 e. The fraction of sp³-hybridized carbons (Fsp3) is 1.00. The first kappa shape index (κ1) is 7.47. The van der Waals surface area contributed by atoms with E-state index in [0.717, 1.165) is 0 Å². The zero-order valence-corrected chi connectivity index (χ0v) is 5.10. The summed E-state index contributed by atoms with van der Waals surface area (Å²) in [7, 11) is 0. The summed E-state index contributed by atoms with van der Waals surface area (Å²) in [4.78, 5) is 0. The SMILES string of the molecule is Cl.N[C@@H]1C[C@]1(F)Cl. The van der Waals surface area contributed by atoms with Crippen molar-refractivity contribution in [1.29, 1.82) is 0 Å². The van der Waals surface area contributed by atoms with Crippen LogP contribution in [0.4, 0.5) is 4.39 Å². The minimum atomic E-state index is -1.54. The standard InChI is InChI=1S/C3H5ClFN.ClH/c4-3(5)1-2(3)6;/h2H,1,6H2;1H/t2-,3-;/m1./s1. The minimum Gasteiger partial charge on any atom is -0.324 e. The number of hydrogen-bond donors (Lipinski definition) is 1. The molecule has 1 aliphatic carbocycles. The Bertz CT molecular complexity index is 75.3. The first-order valence-corrected chi connectivity index (χ1v) is 2.14. The van der Waals surface area contributed by atoms with Crippen LogP contribution in [0.2, 0.25) is 0 Å². The first-order chi connectivity index (χ1) is 2.63. The highest BCUT2D eigenvalue weighted by atomic mass is 35.5. The van der Waals surface area contributed by atoms with Crippen molar-refractivity contribution in [2.45, 2.75) is 17.6 Å². The van der Waals surface area contributed by atoms with Crippen molar-refractivity contribution in [1.82, 2.24) is 0 Å². The van der Waals surface area contributed by atoms with Crippen LogP contribution in [-0.2, 0) is 0 Å². The Morgan fingerprint density at radius 3 is 2.00 bits per heavy atom. The third kappa shape index (κ3) is 1.44. The summed E-state index contributed by atoms with van der Waals surface area (Å²) < 4.78 is 11.8. The van der Waals surface area contributed by atoms with Crippen molar-refractivity contribution in [2.75, 3.05) is 0 Å². The van der Waals surface area contributed by atoms with Gasteiger partial charge in [0.05, 0.1) is 6.04 Å². The van der Waals surface area contributed by atoms with E-state index in [4.69, 9.17) is 17.3 Å². The second-order valence-corrected chi connectivity index (χ2v) is 2.20. The molecule has 0 aromatic heterocycles. The molecule has 0 heterocycles. The lowest BCUT2D eigenvalue weighted by Crippen LogP contribution is -2.07. The molecule has 1 nitrogen and oxygen atoms in total. The molecule has 1 rings (SSSR count). The number of halogens is 3. The highest BCUT2D eigenvalue weighted by molar-refractivity contribution is 6.25. The van der Waals surface area contributed by atoms with Crippen LogP contribution in [-0.4, -0.2) is 11.2 Å². The molecule has 1 fully saturated rings. The van der Waals surface area contributed by atoms with E-state index < -0.39 is 11.2 Å². The van der Waals surface area contributed by atoms with Gasteiger partial charge in [0, 0.05) is 6.42 Å². The summed E-state index contributed by atoms with van der Waals surface area (Å²) in [5.41, 5.74) is 4.99. The lowest BCUT2D eigenvalue weighted by Gasteiger charge is -1.84. The molecule has 44 valence electrons. The molecular weight excluding hydrogens is 140 g/mol. The molecule has 0 aromatic rings. The third-order valence-corrected chi connectivity index (χ3v) is 1.31. The van der Waals surface area contributed by atoms with Crippen LogP contribution in [0.1, 0.15) is 6.42 Å². The summed E-state index contributed by atoms with van der Waals surface area (Å²) in [6, 6.07) is -0.404. The van der Waals surface area contributed by atoms with Crippen LogP contribution in [0.5, 0.6) is 0 Å². The fourth-order valence-electron chi connectivity index (χ4n) is 0.234. The molecule has 1 saturated carbocycles. The Morgan fingerprint density at radius 2 is 2.00 bits per heavy atom. The zero-order valence-electron chi connectivity index (χ0n) is 3.53. The summed E-state index contributed by atoms with van der Waals surface area (Å²) >= 11 is 5.00. The van der Waals surface area contributed by atoms with Crippen LogP contribution in [0.15, 0.2) is 0 Å². The van der Waals surface area contributed by atoms with Crippen LogP contribution in [0.25, 0.3) is 0 Å². The lowest BCUT2D eigenvalue weighted by atomic mass is 10.8. The number of alkyl halides is 2.